The van der Waals surface area contributed by atoms with Crippen molar-refractivity contribution in [1.82, 2.24) is 0 Å². The summed E-state index contributed by atoms with van der Waals surface area (Å²) in [6.45, 7) is 9.75. The number of nitrogens with one attached hydrogen (secondary N) is 1. The summed E-state index contributed by atoms with van der Waals surface area (Å²) < 4.78 is 0. The predicted octanol–water partition coefficient (Wildman–Crippen LogP) is 3.83. The van der Waals surface area contributed by atoms with Crippen molar-refractivity contribution < 1.29 is 0 Å². The Kier molecular flexibility index (Phi) is 6.98. The molecule has 0 aliphatic rings. The Morgan fingerprint density at radius 3 is 2.13 bits per heavy atom. The average Bonchev–Trinajstić information content (AvgIpc) is 2.34. The fourth-order valence-corrected chi connectivity index (χ4v) is 1.14. The van der Waals surface area contributed by atoms with Gasteiger partial charge in [0.2, 0.25) is 0 Å². The Morgan fingerprint density at radius 1 is 1.27 bits per heavy atom. The topological polar surface area (TPSA) is 27.1 Å². The molecular formula is C13H20N2. The van der Waals surface area contributed by atoms with Crippen LogP contribution in [0.1, 0.15) is 26.3 Å². The van der Waals surface area contributed by atoms with Gasteiger partial charge in [-0.05, 0) is 24.1 Å². The van der Waals surface area contributed by atoms with Gasteiger partial charge in [0.1, 0.15) is 0 Å². The van der Waals surface area contributed by atoms with Crippen LogP contribution in [0.5, 0.6) is 0 Å². The van der Waals surface area contributed by atoms with Gasteiger partial charge in [-0.3, -0.25) is 5.41 Å². The van der Waals surface area contributed by atoms with Crippen LogP contribution in [0.25, 0.3) is 0 Å². The maximum atomic E-state index is 7.13. The van der Waals surface area contributed by atoms with Gasteiger partial charge in [-0.2, -0.15) is 0 Å². The van der Waals surface area contributed by atoms with Crippen LogP contribution in [0.2, 0.25) is 0 Å². The third-order valence-corrected chi connectivity index (χ3v) is 1.98. The molecule has 0 spiro atoms. The van der Waals surface area contributed by atoms with Crippen LogP contribution in [0.3, 0.4) is 0 Å². The molecule has 1 aromatic carbocycles. The third-order valence-electron chi connectivity index (χ3n) is 1.98. The molecule has 1 N–H and O–H groups in total. The molecule has 0 saturated carbocycles. The molecule has 0 heterocycles. The molecule has 0 fully saturated rings. The van der Waals surface area contributed by atoms with E-state index in [1.807, 2.05) is 26.0 Å². The summed E-state index contributed by atoms with van der Waals surface area (Å²) in [5, 5.41) is 7.13. The van der Waals surface area contributed by atoms with Crippen molar-refractivity contribution in [2.24, 2.45) is 0 Å². The third kappa shape index (κ3) is 3.98. The van der Waals surface area contributed by atoms with E-state index in [1.165, 1.54) is 11.9 Å². The summed E-state index contributed by atoms with van der Waals surface area (Å²) in [6.07, 6.45) is 3.90. The lowest BCUT2D eigenvalue weighted by Crippen LogP contribution is -2.11. The first-order chi connectivity index (χ1) is 7.31. The molecular weight excluding hydrogens is 184 g/mol. The van der Waals surface area contributed by atoms with Crippen molar-refractivity contribution in [3.63, 3.8) is 0 Å². The number of nitrogens with zero attached hydrogens (tertiary/aromatic N) is 1. The van der Waals surface area contributed by atoms with Crippen LogP contribution in [-0.2, 0) is 6.42 Å². The van der Waals surface area contributed by atoms with Gasteiger partial charge in [0, 0.05) is 11.9 Å². The summed E-state index contributed by atoms with van der Waals surface area (Å²) >= 11 is 0. The molecule has 0 bridgehead atoms. The molecule has 0 atom stereocenters. The maximum absolute atomic E-state index is 7.13. The monoisotopic (exact) mass is 204 g/mol. The zero-order chi connectivity index (χ0) is 11.7. The standard InChI is InChI=1S/C11H14N2.C2H6/c1-3-10-5-7-11(8-6-10)13(4-2)9-12;1-2/h4-9,12H,2-3H2,1H3;1-2H3. The molecule has 1 aromatic rings. The molecule has 15 heavy (non-hydrogen) atoms. The summed E-state index contributed by atoms with van der Waals surface area (Å²) in [5.41, 5.74) is 2.28. The van der Waals surface area contributed by atoms with E-state index in [0.29, 0.717) is 0 Å². The lowest BCUT2D eigenvalue weighted by Gasteiger charge is -2.13. The molecule has 0 amide bonds. The predicted molar refractivity (Wildman–Crippen MR) is 68.6 cm³/mol. The molecule has 0 aromatic heterocycles. The number of rotatable bonds is 4. The van der Waals surface area contributed by atoms with Gasteiger partial charge >= 0.3 is 0 Å². The highest BCUT2D eigenvalue weighted by Gasteiger charge is 1.97. The first-order valence-corrected chi connectivity index (χ1v) is 5.32. The summed E-state index contributed by atoms with van der Waals surface area (Å²) in [5.74, 6) is 0. The van der Waals surface area contributed by atoms with Crippen molar-refractivity contribution in [1.29, 1.82) is 5.41 Å². The van der Waals surface area contributed by atoms with Crippen LogP contribution in [0.15, 0.2) is 37.0 Å². The molecule has 0 unspecified atom stereocenters. The van der Waals surface area contributed by atoms with E-state index >= 15 is 0 Å². The molecule has 0 saturated heterocycles. The van der Waals surface area contributed by atoms with Crippen molar-refractivity contribution in [3.8, 4) is 0 Å². The quantitative estimate of drug-likeness (QED) is 0.585. The zero-order valence-corrected chi connectivity index (χ0v) is 9.83. The minimum absolute atomic E-state index is 0.974. The molecule has 1 rings (SSSR count). The fraction of sp³-hybridized carbons (Fsp3) is 0.308. The van der Waals surface area contributed by atoms with Crippen molar-refractivity contribution in [3.05, 3.63) is 42.6 Å². The van der Waals surface area contributed by atoms with Gasteiger partial charge in [-0.1, -0.05) is 39.5 Å². The van der Waals surface area contributed by atoms with E-state index in [0.717, 1.165) is 12.1 Å². The first kappa shape index (κ1) is 13.4. The number of anilines is 1. The van der Waals surface area contributed by atoms with Crippen molar-refractivity contribution in [2.45, 2.75) is 27.2 Å². The Hall–Kier alpha value is -1.57. The van der Waals surface area contributed by atoms with E-state index in [4.69, 9.17) is 5.41 Å². The fourth-order valence-electron chi connectivity index (χ4n) is 1.14. The molecule has 0 aliphatic heterocycles. The molecule has 0 radical (unpaired) electrons. The van der Waals surface area contributed by atoms with E-state index in [9.17, 15) is 0 Å². The van der Waals surface area contributed by atoms with E-state index in [2.05, 4.69) is 25.6 Å². The van der Waals surface area contributed by atoms with Gasteiger partial charge in [-0.25, -0.2) is 0 Å². The minimum Gasteiger partial charge on any atom is -0.309 e. The SMILES string of the molecule is C=CN(C=N)c1ccc(CC)cc1.CC. The molecule has 0 aliphatic carbocycles. The van der Waals surface area contributed by atoms with Gasteiger partial charge < -0.3 is 4.90 Å². The lowest BCUT2D eigenvalue weighted by atomic mass is 10.1. The lowest BCUT2D eigenvalue weighted by molar-refractivity contribution is 1.14. The highest BCUT2D eigenvalue weighted by Crippen LogP contribution is 2.14. The number of hydrogen-bond donors (Lipinski definition) is 1. The number of benzene rings is 1. The second-order valence-corrected chi connectivity index (χ2v) is 2.74. The summed E-state index contributed by atoms with van der Waals surface area (Å²) in [6, 6.07) is 8.11. The highest BCUT2D eigenvalue weighted by molar-refractivity contribution is 5.79. The van der Waals surface area contributed by atoms with Gasteiger partial charge in [0.15, 0.2) is 0 Å². The first-order valence-electron chi connectivity index (χ1n) is 5.32. The second-order valence-electron chi connectivity index (χ2n) is 2.74. The normalized spacial score (nSPS) is 8.47. The van der Waals surface area contributed by atoms with Crippen LogP contribution in [-0.4, -0.2) is 6.34 Å². The van der Waals surface area contributed by atoms with E-state index in [-0.39, 0.29) is 0 Å². The van der Waals surface area contributed by atoms with Crippen molar-refractivity contribution in [2.75, 3.05) is 4.90 Å². The molecule has 82 valence electrons. The van der Waals surface area contributed by atoms with E-state index < -0.39 is 0 Å². The van der Waals surface area contributed by atoms with Gasteiger partial charge in [0.05, 0.1) is 6.34 Å². The smallest absolute Gasteiger partial charge is 0.0902 e. The maximum Gasteiger partial charge on any atom is 0.0902 e. The molecule has 2 nitrogen and oxygen atoms in total. The van der Waals surface area contributed by atoms with E-state index in [1.54, 1.807) is 11.1 Å². The van der Waals surface area contributed by atoms with Gasteiger partial charge in [0.25, 0.3) is 0 Å². The summed E-state index contributed by atoms with van der Waals surface area (Å²) in [7, 11) is 0. The number of hydrogen-bond acceptors (Lipinski definition) is 1. The second kappa shape index (κ2) is 7.80. The van der Waals surface area contributed by atoms with Gasteiger partial charge in [-0.15, -0.1) is 0 Å². The Balaban J connectivity index is 0.000000921. The van der Waals surface area contributed by atoms with Crippen LogP contribution in [0.4, 0.5) is 5.69 Å². The Morgan fingerprint density at radius 2 is 1.80 bits per heavy atom. The Labute approximate surface area is 92.7 Å². The minimum atomic E-state index is 0.974. The van der Waals surface area contributed by atoms with Crippen LogP contribution < -0.4 is 4.90 Å². The average molecular weight is 204 g/mol. The zero-order valence-electron chi connectivity index (χ0n) is 9.83. The van der Waals surface area contributed by atoms with Crippen molar-refractivity contribution >= 4 is 12.0 Å². The highest BCUT2D eigenvalue weighted by atomic mass is 15.1. The van der Waals surface area contributed by atoms with Crippen LogP contribution >= 0.6 is 0 Å². The Bertz CT molecular complexity index is 280. The summed E-state index contributed by atoms with van der Waals surface area (Å²) in [4.78, 5) is 1.67. The number of aryl methyl sites for hydroxylation is 1. The largest absolute Gasteiger partial charge is 0.309 e. The van der Waals surface area contributed by atoms with Crippen LogP contribution in [0, 0.1) is 5.41 Å². The molecule has 2 heteroatoms.